The summed E-state index contributed by atoms with van der Waals surface area (Å²) in [7, 11) is 0. The quantitative estimate of drug-likeness (QED) is 0.276. The fourth-order valence-electron chi connectivity index (χ4n) is 5.84. The molecular weight excluding hydrogens is 414 g/mol. The van der Waals surface area contributed by atoms with Gasteiger partial charge in [-0.15, -0.1) is 0 Å². The zero-order chi connectivity index (χ0) is 23.2. The number of fused-ring (bicyclic) bond motifs is 3. The van der Waals surface area contributed by atoms with Gasteiger partial charge in [-0.25, -0.2) is 0 Å². The number of hydrogen-bond acceptors (Lipinski definition) is 2. The molecule has 1 saturated carbocycles. The number of aryl methyl sites for hydroxylation is 3. The van der Waals surface area contributed by atoms with Gasteiger partial charge in [0.15, 0.2) is 0 Å². The molecule has 1 fully saturated rings. The molecule has 0 saturated heterocycles. The van der Waals surface area contributed by atoms with Crippen LogP contribution in [0.3, 0.4) is 0 Å². The highest BCUT2D eigenvalue weighted by Crippen LogP contribution is 2.36. The van der Waals surface area contributed by atoms with Crippen molar-refractivity contribution in [2.75, 3.05) is 0 Å². The van der Waals surface area contributed by atoms with E-state index >= 15 is 0 Å². The van der Waals surface area contributed by atoms with Gasteiger partial charge in [-0.05, 0) is 103 Å². The van der Waals surface area contributed by atoms with Crippen molar-refractivity contribution in [1.29, 1.82) is 0 Å². The molecule has 5 aromatic rings. The maximum Gasteiger partial charge on any atom is 0.136 e. The highest BCUT2D eigenvalue weighted by atomic mass is 16.3. The van der Waals surface area contributed by atoms with Gasteiger partial charge in [-0.3, -0.25) is 4.98 Å². The van der Waals surface area contributed by atoms with Crippen LogP contribution in [0.25, 0.3) is 44.3 Å². The summed E-state index contributed by atoms with van der Waals surface area (Å²) in [5.74, 6) is 0.841. The Morgan fingerprint density at radius 1 is 0.765 bits per heavy atom. The summed E-state index contributed by atoms with van der Waals surface area (Å²) in [4.78, 5) is 4.87. The minimum Gasteiger partial charge on any atom is -0.456 e. The number of rotatable bonds is 4. The van der Waals surface area contributed by atoms with Crippen molar-refractivity contribution in [1.82, 2.24) is 4.98 Å². The van der Waals surface area contributed by atoms with Crippen molar-refractivity contribution in [2.45, 2.75) is 52.9 Å². The van der Waals surface area contributed by atoms with E-state index in [1.807, 2.05) is 0 Å². The van der Waals surface area contributed by atoms with E-state index < -0.39 is 0 Å². The molecule has 0 unspecified atom stereocenters. The molecule has 2 nitrogen and oxygen atoms in total. The summed E-state index contributed by atoms with van der Waals surface area (Å²) in [5, 5.41) is 2.30. The minimum absolute atomic E-state index is 0.841. The van der Waals surface area contributed by atoms with E-state index in [4.69, 9.17) is 9.40 Å². The molecular formula is C32H31NO. The summed E-state index contributed by atoms with van der Waals surface area (Å²) in [6, 6.07) is 21.8. The van der Waals surface area contributed by atoms with Crippen molar-refractivity contribution in [3.63, 3.8) is 0 Å². The Morgan fingerprint density at radius 2 is 1.53 bits per heavy atom. The summed E-state index contributed by atoms with van der Waals surface area (Å²) in [6.45, 7) is 6.58. The highest BCUT2D eigenvalue weighted by Gasteiger charge is 2.17. The molecule has 2 aromatic heterocycles. The zero-order valence-corrected chi connectivity index (χ0v) is 20.3. The molecule has 3 aromatic carbocycles. The van der Waals surface area contributed by atoms with E-state index in [0.29, 0.717) is 0 Å². The normalized spacial score (nSPS) is 14.4. The molecule has 0 N–H and O–H groups in total. The van der Waals surface area contributed by atoms with E-state index in [1.54, 1.807) is 0 Å². The molecule has 0 bridgehead atoms. The lowest BCUT2D eigenvalue weighted by Gasteiger charge is -2.12. The zero-order valence-electron chi connectivity index (χ0n) is 20.3. The lowest BCUT2D eigenvalue weighted by molar-refractivity contribution is 0.544. The summed E-state index contributed by atoms with van der Waals surface area (Å²) < 4.78 is 6.28. The fraction of sp³-hybridized carbons (Fsp3) is 0.281. The molecule has 2 heteroatoms. The standard InChI is InChI=1S/C32H31NO/c1-20-7-6-8-21(2)32(20)25-11-13-27-28-17-24(12-14-30(28)34-31(27)18-25)29-15-22(3)26(19-33-29)16-23-9-4-5-10-23/h6-8,11-15,17-19,23H,4-5,9-10,16H2,1-3H3. The monoisotopic (exact) mass is 445 g/mol. The van der Waals surface area contributed by atoms with Gasteiger partial charge < -0.3 is 4.42 Å². The van der Waals surface area contributed by atoms with Crippen LogP contribution in [-0.2, 0) is 6.42 Å². The Balaban J connectivity index is 1.37. The second-order valence-corrected chi connectivity index (χ2v) is 10.1. The maximum atomic E-state index is 6.28. The molecule has 34 heavy (non-hydrogen) atoms. The van der Waals surface area contributed by atoms with Crippen LogP contribution >= 0.6 is 0 Å². The lowest BCUT2D eigenvalue weighted by Crippen LogP contribution is -2.02. The van der Waals surface area contributed by atoms with Crippen LogP contribution in [0.4, 0.5) is 0 Å². The van der Waals surface area contributed by atoms with Crippen molar-refractivity contribution < 1.29 is 4.42 Å². The molecule has 170 valence electrons. The first-order valence-electron chi connectivity index (χ1n) is 12.6. The predicted octanol–water partition coefficient (Wildman–Crippen LogP) is 8.97. The van der Waals surface area contributed by atoms with Gasteiger partial charge in [0.05, 0.1) is 5.69 Å². The molecule has 0 amide bonds. The first kappa shape index (κ1) is 21.2. The van der Waals surface area contributed by atoms with Gasteiger partial charge in [0.1, 0.15) is 11.2 Å². The SMILES string of the molecule is Cc1cc(-c2ccc3oc4cc(-c5c(C)cccc5C)ccc4c3c2)ncc1CC1CCCC1. The molecule has 1 aliphatic carbocycles. The Morgan fingerprint density at radius 3 is 2.29 bits per heavy atom. The largest absolute Gasteiger partial charge is 0.456 e. The average Bonchev–Trinajstić information content (AvgIpc) is 3.47. The second-order valence-electron chi connectivity index (χ2n) is 10.1. The number of nitrogens with zero attached hydrogens (tertiary/aromatic N) is 1. The van der Waals surface area contributed by atoms with Crippen LogP contribution in [0.15, 0.2) is 71.3 Å². The Labute approximate surface area is 201 Å². The van der Waals surface area contributed by atoms with Crippen LogP contribution in [0, 0.1) is 26.7 Å². The Hall–Kier alpha value is -3.39. The van der Waals surface area contributed by atoms with E-state index in [9.17, 15) is 0 Å². The topological polar surface area (TPSA) is 26.0 Å². The molecule has 0 aliphatic heterocycles. The van der Waals surface area contributed by atoms with Gasteiger partial charge in [-0.1, -0.05) is 49.9 Å². The van der Waals surface area contributed by atoms with E-state index in [1.165, 1.54) is 65.5 Å². The third-order valence-corrected chi connectivity index (χ3v) is 7.74. The summed E-state index contributed by atoms with van der Waals surface area (Å²) in [6.07, 6.45) is 8.80. The maximum absolute atomic E-state index is 6.28. The number of benzene rings is 3. The van der Waals surface area contributed by atoms with Crippen molar-refractivity contribution in [2.24, 2.45) is 5.92 Å². The molecule has 0 spiro atoms. The molecule has 1 aliphatic rings. The molecule has 0 radical (unpaired) electrons. The summed E-state index contributed by atoms with van der Waals surface area (Å²) in [5.41, 5.74) is 11.9. The third kappa shape index (κ3) is 3.72. The van der Waals surface area contributed by atoms with Gasteiger partial charge in [-0.2, -0.15) is 0 Å². The smallest absolute Gasteiger partial charge is 0.136 e. The van der Waals surface area contributed by atoms with E-state index in [-0.39, 0.29) is 0 Å². The van der Waals surface area contributed by atoms with Gasteiger partial charge in [0.2, 0.25) is 0 Å². The molecule has 6 rings (SSSR count). The summed E-state index contributed by atoms with van der Waals surface area (Å²) >= 11 is 0. The third-order valence-electron chi connectivity index (χ3n) is 7.74. The number of aromatic nitrogens is 1. The number of pyridine rings is 1. The van der Waals surface area contributed by atoms with Crippen molar-refractivity contribution in [3.8, 4) is 22.4 Å². The van der Waals surface area contributed by atoms with E-state index in [0.717, 1.165) is 39.1 Å². The average molecular weight is 446 g/mol. The van der Waals surface area contributed by atoms with Gasteiger partial charge in [0, 0.05) is 22.5 Å². The van der Waals surface area contributed by atoms with Crippen LogP contribution in [0.5, 0.6) is 0 Å². The van der Waals surface area contributed by atoms with Crippen molar-refractivity contribution in [3.05, 3.63) is 89.1 Å². The molecule has 2 heterocycles. The number of hydrogen-bond donors (Lipinski definition) is 0. The first-order valence-corrected chi connectivity index (χ1v) is 12.6. The first-order chi connectivity index (χ1) is 16.6. The van der Waals surface area contributed by atoms with Gasteiger partial charge in [0.25, 0.3) is 0 Å². The van der Waals surface area contributed by atoms with Crippen LogP contribution in [-0.4, -0.2) is 4.98 Å². The Bertz CT molecular complexity index is 1500. The lowest BCUT2D eigenvalue weighted by atomic mass is 9.94. The second kappa shape index (κ2) is 8.43. The van der Waals surface area contributed by atoms with Gasteiger partial charge >= 0.3 is 0 Å². The number of furan rings is 1. The van der Waals surface area contributed by atoms with Crippen LogP contribution in [0.2, 0.25) is 0 Å². The fourth-order valence-corrected chi connectivity index (χ4v) is 5.84. The van der Waals surface area contributed by atoms with Crippen LogP contribution < -0.4 is 0 Å². The van der Waals surface area contributed by atoms with E-state index in [2.05, 4.69) is 87.6 Å². The molecule has 0 atom stereocenters. The van der Waals surface area contributed by atoms with Crippen LogP contribution in [0.1, 0.15) is 47.9 Å². The highest BCUT2D eigenvalue weighted by molar-refractivity contribution is 6.07. The predicted molar refractivity (Wildman–Crippen MR) is 142 cm³/mol. The Kier molecular flexibility index (Phi) is 5.25. The van der Waals surface area contributed by atoms with Crippen molar-refractivity contribution >= 4 is 21.9 Å². The minimum atomic E-state index is 0.841.